The fourth-order valence-electron chi connectivity index (χ4n) is 1.50. The molecule has 0 atom stereocenters. The van der Waals surface area contributed by atoms with Crippen LogP contribution in [0.2, 0.25) is 0 Å². The average Bonchev–Trinajstić information content (AvgIpc) is 2.38. The van der Waals surface area contributed by atoms with Gasteiger partial charge in [-0.2, -0.15) is 13.2 Å². The van der Waals surface area contributed by atoms with Crippen molar-refractivity contribution in [2.45, 2.75) is 11.1 Å². The molecule has 0 fully saturated rings. The quantitative estimate of drug-likeness (QED) is 0.910. The Morgan fingerprint density at radius 1 is 1.00 bits per heavy atom. The van der Waals surface area contributed by atoms with E-state index in [4.69, 9.17) is 0 Å². The van der Waals surface area contributed by atoms with Crippen molar-refractivity contribution < 1.29 is 21.6 Å². The number of H-pyrrole nitrogens is 1. The summed E-state index contributed by atoms with van der Waals surface area (Å²) in [5.41, 5.74) is -1.37. The van der Waals surface area contributed by atoms with Gasteiger partial charge in [-0.1, -0.05) is 0 Å². The van der Waals surface area contributed by atoms with Gasteiger partial charge in [0, 0.05) is 18.0 Å². The minimum Gasteiger partial charge on any atom is -0.328 e. The molecule has 0 aliphatic carbocycles. The lowest BCUT2D eigenvalue weighted by Gasteiger charge is -2.10. The Bertz CT molecular complexity index is 775. The molecule has 0 aliphatic heterocycles. The van der Waals surface area contributed by atoms with Crippen LogP contribution in [0, 0.1) is 0 Å². The van der Waals surface area contributed by atoms with Crippen molar-refractivity contribution in [1.82, 2.24) is 4.98 Å². The van der Waals surface area contributed by atoms with Crippen LogP contribution >= 0.6 is 0 Å². The lowest BCUT2D eigenvalue weighted by Crippen LogP contribution is -2.15. The van der Waals surface area contributed by atoms with Gasteiger partial charge >= 0.3 is 6.18 Å². The summed E-state index contributed by atoms with van der Waals surface area (Å²) in [4.78, 5) is 12.9. The lowest BCUT2D eigenvalue weighted by atomic mass is 10.2. The number of alkyl halides is 3. The van der Waals surface area contributed by atoms with E-state index in [-0.39, 0.29) is 10.6 Å². The number of halogens is 3. The summed E-state index contributed by atoms with van der Waals surface area (Å²) in [6.07, 6.45) is -3.49. The zero-order valence-corrected chi connectivity index (χ0v) is 11.1. The maximum absolute atomic E-state index is 12.4. The molecule has 112 valence electrons. The number of pyridine rings is 1. The molecule has 5 nitrogen and oxygen atoms in total. The first-order valence-electron chi connectivity index (χ1n) is 5.57. The predicted octanol–water partition coefficient (Wildman–Crippen LogP) is 2.19. The molecule has 21 heavy (non-hydrogen) atoms. The molecular weight excluding hydrogens is 309 g/mol. The summed E-state index contributed by atoms with van der Waals surface area (Å²) in [6.45, 7) is 0. The van der Waals surface area contributed by atoms with Crippen molar-refractivity contribution in [1.29, 1.82) is 0 Å². The Balaban J connectivity index is 2.25. The maximum atomic E-state index is 12.4. The number of hydrogen-bond acceptors (Lipinski definition) is 3. The normalized spacial score (nSPS) is 12.1. The van der Waals surface area contributed by atoms with E-state index in [1.807, 2.05) is 0 Å². The Morgan fingerprint density at radius 2 is 1.62 bits per heavy atom. The Hall–Kier alpha value is -2.29. The molecule has 9 heteroatoms. The summed E-state index contributed by atoms with van der Waals surface area (Å²) in [5.74, 6) is 0. The highest BCUT2D eigenvalue weighted by Gasteiger charge is 2.30. The summed E-state index contributed by atoms with van der Waals surface area (Å²) in [7, 11) is -3.98. The van der Waals surface area contributed by atoms with E-state index < -0.39 is 27.3 Å². The summed E-state index contributed by atoms with van der Waals surface area (Å²) < 4.78 is 63.2. The van der Waals surface area contributed by atoms with Gasteiger partial charge in [-0.25, -0.2) is 8.42 Å². The molecule has 2 aromatic rings. The van der Waals surface area contributed by atoms with E-state index in [9.17, 15) is 26.4 Å². The number of aromatic amines is 1. The van der Waals surface area contributed by atoms with Gasteiger partial charge in [0.25, 0.3) is 10.0 Å². The molecule has 0 bridgehead atoms. The van der Waals surface area contributed by atoms with Crippen LogP contribution in [0.3, 0.4) is 0 Å². The van der Waals surface area contributed by atoms with Crippen molar-refractivity contribution in [2.24, 2.45) is 0 Å². The SMILES string of the molecule is O=c1ccc(S(=O)(=O)Nc2ccc(C(F)(F)F)cc2)c[nH]1. The zero-order chi connectivity index (χ0) is 15.7. The fraction of sp³-hybridized carbons (Fsp3) is 0.0833. The summed E-state index contributed by atoms with van der Waals surface area (Å²) in [5, 5.41) is 0. The Kier molecular flexibility index (Phi) is 3.77. The molecule has 2 N–H and O–H groups in total. The van der Waals surface area contributed by atoms with E-state index in [0.717, 1.165) is 42.6 Å². The smallest absolute Gasteiger partial charge is 0.328 e. The molecular formula is C12H9F3N2O3S. The van der Waals surface area contributed by atoms with Crippen LogP contribution in [-0.2, 0) is 16.2 Å². The molecule has 1 aromatic heterocycles. The highest BCUT2D eigenvalue weighted by Crippen LogP contribution is 2.30. The van der Waals surface area contributed by atoms with Gasteiger partial charge < -0.3 is 4.98 Å². The van der Waals surface area contributed by atoms with Crippen LogP contribution in [-0.4, -0.2) is 13.4 Å². The zero-order valence-electron chi connectivity index (χ0n) is 10.3. The van der Waals surface area contributed by atoms with Crippen molar-refractivity contribution in [3.63, 3.8) is 0 Å². The topological polar surface area (TPSA) is 79.0 Å². The minimum atomic E-state index is -4.49. The molecule has 1 aromatic carbocycles. The van der Waals surface area contributed by atoms with Gasteiger partial charge in [-0.3, -0.25) is 9.52 Å². The third-order valence-corrected chi connectivity index (χ3v) is 3.91. The molecule has 0 amide bonds. The second kappa shape index (κ2) is 5.24. The number of aromatic nitrogens is 1. The van der Waals surface area contributed by atoms with Crippen molar-refractivity contribution >= 4 is 15.7 Å². The highest BCUT2D eigenvalue weighted by atomic mass is 32.2. The van der Waals surface area contributed by atoms with Crippen LogP contribution in [0.25, 0.3) is 0 Å². The number of benzene rings is 1. The average molecular weight is 318 g/mol. The van der Waals surface area contributed by atoms with Gasteiger partial charge in [0.1, 0.15) is 4.90 Å². The van der Waals surface area contributed by atoms with Crippen LogP contribution in [0.4, 0.5) is 18.9 Å². The lowest BCUT2D eigenvalue weighted by molar-refractivity contribution is -0.137. The molecule has 0 saturated carbocycles. The van der Waals surface area contributed by atoms with Gasteiger partial charge in [-0.15, -0.1) is 0 Å². The third-order valence-electron chi connectivity index (χ3n) is 2.53. The molecule has 0 radical (unpaired) electrons. The molecule has 2 rings (SSSR count). The molecule has 0 unspecified atom stereocenters. The highest BCUT2D eigenvalue weighted by molar-refractivity contribution is 7.92. The number of sulfonamides is 1. The number of hydrogen-bond donors (Lipinski definition) is 2. The third kappa shape index (κ3) is 3.63. The first kappa shape index (κ1) is 15.1. The monoisotopic (exact) mass is 318 g/mol. The van der Waals surface area contributed by atoms with E-state index in [0.29, 0.717) is 0 Å². The number of anilines is 1. The predicted molar refractivity (Wildman–Crippen MR) is 69.3 cm³/mol. The van der Waals surface area contributed by atoms with E-state index in [1.54, 1.807) is 0 Å². The van der Waals surface area contributed by atoms with E-state index in [2.05, 4.69) is 9.71 Å². The summed E-state index contributed by atoms with van der Waals surface area (Å²) in [6, 6.07) is 5.67. The minimum absolute atomic E-state index is 0.0193. The Morgan fingerprint density at radius 3 is 2.10 bits per heavy atom. The van der Waals surface area contributed by atoms with E-state index >= 15 is 0 Å². The van der Waals surface area contributed by atoms with Crippen molar-refractivity contribution in [3.05, 3.63) is 58.5 Å². The van der Waals surface area contributed by atoms with Gasteiger partial charge in [0.05, 0.1) is 5.56 Å². The van der Waals surface area contributed by atoms with Gasteiger partial charge in [-0.05, 0) is 30.3 Å². The summed E-state index contributed by atoms with van der Waals surface area (Å²) >= 11 is 0. The first-order valence-corrected chi connectivity index (χ1v) is 7.06. The molecule has 0 spiro atoms. The molecule has 0 aliphatic rings. The van der Waals surface area contributed by atoms with Crippen LogP contribution in [0.5, 0.6) is 0 Å². The van der Waals surface area contributed by atoms with E-state index in [1.165, 1.54) is 0 Å². The van der Waals surface area contributed by atoms with Crippen LogP contribution in [0.15, 0.2) is 52.3 Å². The van der Waals surface area contributed by atoms with Crippen LogP contribution < -0.4 is 10.3 Å². The fourth-order valence-corrected chi connectivity index (χ4v) is 2.53. The molecule has 1 heterocycles. The largest absolute Gasteiger partial charge is 0.416 e. The standard InChI is InChI=1S/C12H9F3N2O3S/c13-12(14,15)8-1-3-9(4-2-8)17-21(19,20)10-5-6-11(18)16-7-10/h1-7,17H,(H,16,18). The first-order chi connectivity index (χ1) is 9.68. The van der Waals surface area contributed by atoms with Gasteiger partial charge in [0.15, 0.2) is 0 Å². The molecule has 0 saturated heterocycles. The van der Waals surface area contributed by atoms with Gasteiger partial charge in [0.2, 0.25) is 5.56 Å². The maximum Gasteiger partial charge on any atom is 0.416 e. The number of nitrogens with one attached hydrogen (secondary N) is 2. The van der Waals surface area contributed by atoms with Crippen LogP contribution in [0.1, 0.15) is 5.56 Å². The van der Waals surface area contributed by atoms with Crippen molar-refractivity contribution in [2.75, 3.05) is 4.72 Å². The Labute approximate surface area is 117 Å². The number of rotatable bonds is 3. The second-order valence-corrected chi connectivity index (χ2v) is 5.75. The second-order valence-electron chi connectivity index (χ2n) is 4.07. The van der Waals surface area contributed by atoms with Crippen molar-refractivity contribution in [3.8, 4) is 0 Å².